The van der Waals surface area contributed by atoms with E-state index in [-0.39, 0.29) is 29.6 Å². The average Bonchev–Trinajstić information content (AvgIpc) is 2.74. The number of anilines is 1. The molecule has 168 valence electrons. The zero-order valence-electron chi connectivity index (χ0n) is 16.5. The lowest BCUT2D eigenvalue weighted by molar-refractivity contribution is -0.138. The van der Waals surface area contributed by atoms with Crippen LogP contribution in [0.2, 0.25) is 0 Å². The van der Waals surface area contributed by atoms with Crippen LogP contribution in [0, 0.1) is 0 Å². The summed E-state index contributed by atoms with van der Waals surface area (Å²) in [7, 11) is -3.65. The maximum absolute atomic E-state index is 13.1. The third-order valence-corrected chi connectivity index (χ3v) is 6.86. The van der Waals surface area contributed by atoms with Crippen molar-refractivity contribution in [3.63, 3.8) is 0 Å². The molecule has 0 spiro atoms. The molecule has 1 aliphatic heterocycles. The van der Waals surface area contributed by atoms with E-state index >= 15 is 0 Å². The summed E-state index contributed by atoms with van der Waals surface area (Å²) in [4.78, 5) is 1.12. The molecule has 1 fully saturated rings. The molecule has 0 saturated carbocycles. The summed E-state index contributed by atoms with van der Waals surface area (Å²) in [6.07, 6.45) is -4.43. The Hall–Kier alpha value is -2.21. The van der Waals surface area contributed by atoms with E-state index in [1.165, 1.54) is 28.6 Å². The molecule has 2 aromatic carbocycles. The number of alkyl halides is 3. The Labute approximate surface area is 184 Å². The molecule has 0 aromatic heterocycles. The normalized spacial score (nSPS) is 15.5. The number of halogens is 3. The van der Waals surface area contributed by atoms with Crippen molar-refractivity contribution in [3.05, 3.63) is 60.2 Å². The Morgan fingerprint density at radius 2 is 1.68 bits per heavy atom. The largest absolute Gasteiger partial charge is 0.406 e. The van der Waals surface area contributed by atoms with E-state index in [9.17, 15) is 21.6 Å². The number of nitrogens with zero attached hydrogens (tertiary/aromatic N) is 2. The lowest BCUT2D eigenvalue weighted by Gasteiger charge is -2.27. The van der Waals surface area contributed by atoms with Crippen molar-refractivity contribution in [1.82, 2.24) is 9.21 Å². The SMILES string of the molecule is O=S(=O)(c1ccc(NC(=S)N(Cc2ccccc2)CC(F)(F)F)cc1)N1CCOCC1. The number of hydrogen-bond acceptors (Lipinski definition) is 4. The number of morpholine rings is 1. The number of thiocarbonyl (C=S) groups is 1. The van der Waals surface area contributed by atoms with E-state index in [2.05, 4.69) is 5.32 Å². The predicted molar refractivity (Wildman–Crippen MR) is 115 cm³/mol. The highest BCUT2D eigenvalue weighted by Gasteiger charge is 2.32. The molecule has 2 aromatic rings. The van der Waals surface area contributed by atoms with Gasteiger partial charge in [-0.2, -0.15) is 17.5 Å². The Morgan fingerprint density at radius 1 is 1.06 bits per heavy atom. The first-order valence-corrected chi connectivity index (χ1v) is 11.3. The number of nitrogens with one attached hydrogen (secondary N) is 1. The van der Waals surface area contributed by atoms with Gasteiger partial charge in [0.25, 0.3) is 0 Å². The second kappa shape index (κ2) is 9.94. The third kappa shape index (κ3) is 6.63. The fourth-order valence-electron chi connectivity index (χ4n) is 3.07. The lowest BCUT2D eigenvalue weighted by atomic mass is 10.2. The van der Waals surface area contributed by atoms with Gasteiger partial charge in [-0.1, -0.05) is 30.3 Å². The van der Waals surface area contributed by atoms with Crippen LogP contribution in [0.15, 0.2) is 59.5 Å². The molecule has 31 heavy (non-hydrogen) atoms. The van der Waals surface area contributed by atoms with Crippen LogP contribution in [-0.4, -0.2) is 61.8 Å². The summed E-state index contributed by atoms with van der Waals surface area (Å²) in [6, 6.07) is 14.5. The minimum atomic E-state index is -4.43. The number of sulfonamides is 1. The van der Waals surface area contributed by atoms with Crippen LogP contribution in [0.1, 0.15) is 5.56 Å². The van der Waals surface area contributed by atoms with Gasteiger partial charge in [0.15, 0.2) is 5.11 Å². The van der Waals surface area contributed by atoms with Gasteiger partial charge in [0.2, 0.25) is 10.0 Å². The van der Waals surface area contributed by atoms with Crippen molar-refractivity contribution in [2.45, 2.75) is 17.6 Å². The second-order valence-electron chi connectivity index (χ2n) is 6.93. The standard InChI is InChI=1S/C20H22F3N3O3S2/c21-20(22,23)15-25(14-16-4-2-1-3-5-16)19(30)24-17-6-8-18(9-7-17)31(27,28)26-10-12-29-13-11-26/h1-9H,10-15H2,(H,24,30). The quantitative estimate of drug-likeness (QED) is 0.649. The van der Waals surface area contributed by atoms with Gasteiger partial charge in [-0.25, -0.2) is 8.42 Å². The molecule has 1 heterocycles. The van der Waals surface area contributed by atoms with Crippen LogP contribution < -0.4 is 5.32 Å². The van der Waals surface area contributed by atoms with Crippen LogP contribution in [0.3, 0.4) is 0 Å². The summed E-state index contributed by atoms with van der Waals surface area (Å²) < 4.78 is 71.1. The smallest absolute Gasteiger partial charge is 0.379 e. The van der Waals surface area contributed by atoms with Crippen molar-refractivity contribution in [2.24, 2.45) is 0 Å². The highest BCUT2D eigenvalue weighted by atomic mass is 32.2. The molecule has 0 amide bonds. The van der Waals surface area contributed by atoms with E-state index in [1.54, 1.807) is 30.3 Å². The summed E-state index contributed by atoms with van der Waals surface area (Å²) in [5, 5.41) is 2.67. The minimum Gasteiger partial charge on any atom is -0.379 e. The molecule has 0 radical (unpaired) electrons. The van der Waals surface area contributed by atoms with Crippen molar-refractivity contribution in [1.29, 1.82) is 0 Å². The fourth-order valence-corrected chi connectivity index (χ4v) is 4.72. The Kier molecular flexibility index (Phi) is 7.52. The van der Waals surface area contributed by atoms with Crippen LogP contribution in [0.4, 0.5) is 18.9 Å². The van der Waals surface area contributed by atoms with Gasteiger partial charge in [0.05, 0.1) is 18.1 Å². The molecule has 1 aliphatic rings. The average molecular weight is 474 g/mol. The van der Waals surface area contributed by atoms with Crippen molar-refractivity contribution in [2.75, 3.05) is 38.2 Å². The van der Waals surface area contributed by atoms with Crippen LogP contribution in [0.5, 0.6) is 0 Å². The molecule has 6 nitrogen and oxygen atoms in total. The van der Waals surface area contributed by atoms with Crippen molar-refractivity contribution in [3.8, 4) is 0 Å². The monoisotopic (exact) mass is 473 g/mol. The molecule has 1 saturated heterocycles. The number of ether oxygens (including phenoxy) is 1. The molecule has 11 heteroatoms. The van der Waals surface area contributed by atoms with Gasteiger partial charge >= 0.3 is 6.18 Å². The molecule has 0 atom stereocenters. The molecular weight excluding hydrogens is 451 g/mol. The molecule has 3 rings (SSSR count). The zero-order valence-corrected chi connectivity index (χ0v) is 18.1. The molecule has 0 aliphatic carbocycles. The number of rotatable bonds is 6. The van der Waals surface area contributed by atoms with Crippen LogP contribution >= 0.6 is 12.2 Å². The van der Waals surface area contributed by atoms with E-state index in [0.29, 0.717) is 24.5 Å². The summed E-state index contributed by atoms with van der Waals surface area (Å²) >= 11 is 5.21. The van der Waals surface area contributed by atoms with Gasteiger partial charge in [-0.3, -0.25) is 0 Å². The first kappa shape index (κ1) is 23.5. The summed E-state index contributed by atoms with van der Waals surface area (Å²) in [5.41, 5.74) is 1.08. The van der Waals surface area contributed by atoms with Crippen molar-refractivity contribution >= 4 is 33.0 Å². The molecule has 0 bridgehead atoms. The van der Waals surface area contributed by atoms with E-state index in [0.717, 1.165) is 4.90 Å². The maximum atomic E-state index is 13.1. The van der Waals surface area contributed by atoms with Gasteiger partial charge in [0.1, 0.15) is 6.54 Å². The Bertz CT molecular complexity index is 978. The minimum absolute atomic E-state index is 0.0182. The topological polar surface area (TPSA) is 61.9 Å². The van der Waals surface area contributed by atoms with Crippen molar-refractivity contribution < 1.29 is 26.3 Å². The molecule has 0 unspecified atom stereocenters. The van der Waals surface area contributed by atoms with Gasteiger partial charge < -0.3 is 15.0 Å². The highest BCUT2D eigenvalue weighted by molar-refractivity contribution is 7.89. The maximum Gasteiger partial charge on any atom is 0.406 e. The molecular formula is C20H22F3N3O3S2. The lowest BCUT2D eigenvalue weighted by Crippen LogP contribution is -2.41. The zero-order chi connectivity index (χ0) is 22.5. The number of hydrogen-bond donors (Lipinski definition) is 1. The third-order valence-electron chi connectivity index (χ3n) is 4.59. The molecule has 1 N–H and O–H groups in total. The second-order valence-corrected chi connectivity index (χ2v) is 9.25. The first-order chi connectivity index (χ1) is 14.6. The van der Waals surface area contributed by atoms with Crippen LogP contribution in [-0.2, 0) is 21.3 Å². The van der Waals surface area contributed by atoms with Crippen LogP contribution in [0.25, 0.3) is 0 Å². The Morgan fingerprint density at radius 3 is 2.26 bits per heavy atom. The number of benzene rings is 2. The fraction of sp³-hybridized carbons (Fsp3) is 0.350. The summed E-state index contributed by atoms with van der Waals surface area (Å²) in [5.74, 6) is 0. The summed E-state index contributed by atoms with van der Waals surface area (Å²) in [6.45, 7) is -0.00327. The van der Waals surface area contributed by atoms with E-state index in [4.69, 9.17) is 17.0 Å². The van der Waals surface area contributed by atoms with E-state index < -0.39 is 22.7 Å². The van der Waals surface area contributed by atoms with E-state index in [1.807, 2.05) is 0 Å². The first-order valence-electron chi connectivity index (χ1n) is 9.50. The van der Waals surface area contributed by atoms with Gasteiger partial charge in [-0.15, -0.1) is 0 Å². The van der Waals surface area contributed by atoms with Gasteiger partial charge in [-0.05, 0) is 42.0 Å². The predicted octanol–water partition coefficient (Wildman–Crippen LogP) is 3.47. The Balaban J connectivity index is 1.71. The highest BCUT2D eigenvalue weighted by Crippen LogP contribution is 2.22. The van der Waals surface area contributed by atoms with Gasteiger partial charge in [0, 0.05) is 25.3 Å².